The Morgan fingerprint density at radius 3 is 2.40 bits per heavy atom. The maximum absolute atomic E-state index is 13.1. The highest BCUT2D eigenvalue weighted by Crippen LogP contribution is 2.34. The van der Waals surface area contributed by atoms with Gasteiger partial charge in [0, 0.05) is 22.7 Å². The standard InChI is InChI=1S/C21H20ClNO2/c1-14-13-23(20(25)18(14)15-8-5-4-6-9-15)21(2,3)19(24)16-10-7-11-17(22)12-16/h4-12H,13H2,1-3H3. The molecule has 1 heterocycles. The van der Waals surface area contributed by atoms with Gasteiger partial charge in [0.05, 0.1) is 0 Å². The number of halogens is 1. The SMILES string of the molecule is CC1=C(c2ccccc2)C(=O)N(C(C)(C)C(=O)c2cccc(Cl)c2)C1. The minimum atomic E-state index is -0.959. The first kappa shape index (κ1) is 17.4. The maximum atomic E-state index is 13.1. The van der Waals surface area contributed by atoms with Crippen molar-refractivity contribution in [3.05, 3.63) is 76.3 Å². The van der Waals surface area contributed by atoms with Crippen LogP contribution in [0.15, 0.2) is 60.2 Å². The summed E-state index contributed by atoms with van der Waals surface area (Å²) in [6, 6.07) is 16.4. The lowest BCUT2D eigenvalue weighted by molar-refractivity contribution is -0.127. The molecular formula is C21H20ClNO2. The number of benzene rings is 2. The van der Waals surface area contributed by atoms with Gasteiger partial charge < -0.3 is 4.90 Å². The third kappa shape index (κ3) is 3.12. The molecule has 0 aliphatic carbocycles. The third-order valence-corrected chi connectivity index (χ3v) is 4.90. The number of rotatable bonds is 4. The molecule has 3 nitrogen and oxygen atoms in total. The van der Waals surface area contributed by atoms with Gasteiger partial charge in [-0.15, -0.1) is 0 Å². The van der Waals surface area contributed by atoms with Crippen LogP contribution >= 0.6 is 11.6 Å². The molecule has 25 heavy (non-hydrogen) atoms. The van der Waals surface area contributed by atoms with Gasteiger partial charge in [0.1, 0.15) is 5.54 Å². The van der Waals surface area contributed by atoms with E-state index >= 15 is 0 Å². The van der Waals surface area contributed by atoms with Gasteiger partial charge in [0.25, 0.3) is 5.91 Å². The van der Waals surface area contributed by atoms with Crippen molar-refractivity contribution in [1.82, 2.24) is 4.90 Å². The van der Waals surface area contributed by atoms with E-state index in [0.717, 1.165) is 11.1 Å². The topological polar surface area (TPSA) is 37.4 Å². The average molecular weight is 354 g/mol. The molecule has 0 radical (unpaired) electrons. The zero-order valence-electron chi connectivity index (χ0n) is 14.5. The van der Waals surface area contributed by atoms with Crippen molar-refractivity contribution < 1.29 is 9.59 Å². The fraction of sp³-hybridized carbons (Fsp3) is 0.238. The smallest absolute Gasteiger partial charge is 0.255 e. The highest BCUT2D eigenvalue weighted by atomic mass is 35.5. The molecule has 2 aromatic rings. The van der Waals surface area contributed by atoms with E-state index in [4.69, 9.17) is 11.6 Å². The highest BCUT2D eigenvalue weighted by Gasteiger charge is 2.43. The number of amides is 1. The van der Waals surface area contributed by atoms with Gasteiger partial charge in [-0.1, -0.05) is 54.1 Å². The summed E-state index contributed by atoms with van der Waals surface area (Å²) in [6.45, 7) is 5.97. The predicted octanol–water partition coefficient (Wildman–Crippen LogP) is 4.62. The summed E-state index contributed by atoms with van der Waals surface area (Å²) in [4.78, 5) is 27.7. The lowest BCUT2D eigenvalue weighted by Crippen LogP contribution is -2.51. The monoisotopic (exact) mass is 353 g/mol. The summed E-state index contributed by atoms with van der Waals surface area (Å²) in [5.41, 5.74) is 2.10. The Hall–Kier alpha value is -2.39. The van der Waals surface area contributed by atoms with E-state index in [-0.39, 0.29) is 11.7 Å². The second kappa shape index (κ2) is 6.49. The Morgan fingerprint density at radius 2 is 1.76 bits per heavy atom. The molecule has 3 rings (SSSR count). The lowest BCUT2D eigenvalue weighted by Gasteiger charge is -2.34. The van der Waals surface area contributed by atoms with Crippen molar-refractivity contribution >= 4 is 28.9 Å². The number of carbonyl (C=O) groups excluding carboxylic acids is 2. The number of nitrogens with zero attached hydrogens (tertiary/aromatic N) is 1. The van der Waals surface area contributed by atoms with E-state index in [1.165, 1.54) is 0 Å². The Kier molecular flexibility index (Phi) is 4.53. The minimum absolute atomic E-state index is 0.107. The zero-order valence-corrected chi connectivity index (χ0v) is 15.3. The summed E-state index contributed by atoms with van der Waals surface area (Å²) in [5, 5.41) is 0.508. The third-order valence-electron chi connectivity index (χ3n) is 4.66. The summed E-state index contributed by atoms with van der Waals surface area (Å²) < 4.78 is 0. The lowest BCUT2D eigenvalue weighted by atomic mass is 9.91. The van der Waals surface area contributed by atoms with E-state index in [0.29, 0.717) is 22.7 Å². The Bertz CT molecular complexity index is 868. The van der Waals surface area contributed by atoms with Crippen molar-refractivity contribution in [2.24, 2.45) is 0 Å². The van der Waals surface area contributed by atoms with Crippen molar-refractivity contribution in [1.29, 1.82) is 0 Å². The van der Waals surface area contributed by atoms with E-state index in [1.807, 2.05) is 37.3 Å². The van der Waals surface area contributed by atoms with Crippen LogP contribution in [0.5, 0.6) is 0 Å². The van der Waals surface area contributed by atoms with Gasteiger partial charge in [-0.25, -0.2) is 0 Å². The Morgan fingerprint density at radius 1 is 1.08 bits per heavy atom. The van der Waals surface area contributed by atoms with Gasteiger partial charge in [0.2, 0.25) is 0 Å². The molecule has 0 spiro atoms. The van der Waals surface area contributed by atoms with Gasteiger partial charge in [0.15, 0.2) is 5.78 Å². The van der Waals surface area contributed by atoms with Gasteiger partial charge in [-0.2, -0.15) is 0 Å². The first-order chi connectivity index (χ1) is 11.8. The molecule has 0 saturated carbocycles. The first-order valence-corrected chi connectivity index (χ1v) is 8.57. The van der Waals surface area contributed by atoms with Crippen molar-refractivity contribution in [2.75, 3.05) is 6.54 Å². The molecule has 0 fully saturated rings. The summed E-state index contributed by atoms with van der Waals surface area (Å²) in [6.07, 6.45) is 0. The summed E-state index contributed by atoms with van der Waals surface area (Å²) >= 11 is 6.01. The van der Waals surface area contributed by atoms with Crippen LogP contribution in [-0.2, 0) is 4.79 Å². The number of Topliss-reactive ketones (excluding diaryl/α,β-unsaturated/α-hetero) is 1. The fourth-order valence-corrected chi connectivity index (χ4v) is 3.43. The van der Waals surface area contributed by atoms with Crippen LogP contribution in [0.2, 0.25) is 5.02 Å². The van der Waals surface area contributed by atoms with E-state index in [9.17, 15) is 9.59 Å². The maximum Gasteiger partial charge on any atom is 0.255 e. The second-order valence-electron chi connectivity index (χ2n) is 6.81. The highest BCUT2D eigenvalue weighted by molar-refractivity contribution is 6.31. The molecule has 4 heteroatoms. The Labute approximate surface area is 152 Å². The van der Waals surface area contributed by atoms with Crippen LogP contribution in [0, 0.1) is 0 Å². The van der Waals surface area contributed by atoms with Crippen LogP contribution in [0.1, 0.15) is 36.7 Å². The van der Waals surface area contributed by atoms with Gasteiger partial charge in [-0.05, 0) is 44.0 Å². The molecule has 0 aromatic heterocycles. The molecule has 2 aromatic carbocycles. The number of hydrogen-bond acceptors (Lipinski definition) is 2. The molecule has 128 valence electrons. The average Bonchev–Trinajstić information content (AvgIpc) is 2.90. The number of ketones is 1. The summed E-state index contributed by atoms with van der Waals surface area (Å²) in [5.74, 6) is -0.227. The molecule has 0 bridgehead atoms. The fourth-order valence-electron chi connectivity index (χ4n) is 3.24. The van der Waals surface area contributed by atoms with Crippen LogP contribution in [0.3, 0.4) is 0 Å². The number of hydrogen-bond donors (Lipinski definition) is 0. The molecule has 1 amide bonds. The predicted molar refractivity (Wildman–Crippen MR) is 101 cm³/mol. The molecular weight excluding hydrogens is 334 g/mol. The van der Waals surface area contributed by atoms with E-state index < -0.39 is 5.54 Å². The summed E-state index contributed by atoms with van der Waals surface area (Å²) in [7, 11) is 0. The molecule has 1 aliphatic rings. The van der Waals surface area contributed by atoms with E-state index in [1.54, 1.807) is 43.0 Å². The van der Waals surface area contributed by atoms with Crippen LogP contribution in [0.4, 0.5) is 0 Å². The molecule has 0 atom stereocenters. The zero-order chi connectivity index (χ0) is 18.2. The number of carbonyl (C=O) groups is 2. The van der Waals surface area contributed by atoms with Gasteiger partial charge >= 0.3 is 0 Å². The molecule has 0 N–H and O–H groups in total. The normalized spacial score (nSPS) is 15.0. The van der Waals surface area contributed by atoms with Crippen molar-refractivity contribution in [3.8, 4) is 0 Å². The molecule has 0 unspecified atom stereocenters. The minimum Gasteiger partial charge on any atom is -0.322 e. The van der Waals surface area contributed by atoms with Crippen LogP contribution in [-0.4, -0.2) is 28.7 Å². The van der Waals surface area contributed by atoms with E-state index in [2.05, 4.69) is 0 Å². The quantitative estimate of drug-likeness (QED) is 0.752. The van der Waals surface area contributed by atoms with Gasteiger partial charge in [-0.3, -0.25) is 9.59 Å². The van der Waals surface area contributed by atoms with Crippen LogP contribution < -0.4 is 0 Å². The Balaban J connectivity index is 1.92. The molecule has 0 saturated heterocycles. The van der Waals surface area contributed by atoms with Crippen LogP contribution in [0.25, 0.3) is 5.57 Å². The first-order valence-electron chi connectivity index (χ1n) is 8.20. The van der Waals surface area contributed by atoms with Crippen molar-refractivity contribution in [3.63, 3.8) is 0 Å². The second-order valence-corrected chi connectivity index (χ2v) is 7.25. The van der Waals surface area contributed by atoms with Crippen molar-refractivity contribution in [2.45, 2.75) is 26.3 Å². The largest absolute Gasteiger partial charge is 0.322 e. The molecule has 1 aliphatic heterocycles.